The lowest BCUT2D eigenvalue weighted by Gasteiger charge is -2.26. The maximum atomic E-state index is 13.0. The first-order valence-electron chi connectivity index (χ1n) is 8.54. The van der Waals surface area contributed by atoms with E-state index < -0.39 is 23.5 Å². The highest BCUT2D eigenvalue weighted by Gasteiger charge is 2.45. The number of hydrogen-bond acceptors (Lipinski definition) is 4. The fourth-order valence-electron chi connectivity index (χ4n) is 3.30. The number of hydrogen-bond donors (Lipinski definition) is 1. The van der Waals surface area contributed by atoms with Crippen LogP contribution >= 0.6 is 0 Å². The van der Waals surface area contributed by atoms with Gasteiger partial charge in [-0.1, -0.05) is 48.0 Å². The van der Waals surface area contributed by atoms with Crippen LogP contribution in [0.4, 0.5) is 5.69 Å². The zero-order chi connectivity index (χ0) is 19.0. The normalized spacial score (nSPS) is 16.9. The van der Waals surface area contributed by atoms with Gasteiger partial charge in [-0.05, 0) is 36.8 Å². The van der Waals surface area contributed by atoms with E-state index in [-0.39, 0.29) is 11.3 Å². The van der Waals surface area contributed by atoms with Crippen LogP contribution in [0.5, 0.6) is 0 Å². The monoisotopic (exact) mass is 359 g/mol. The van der Waals surface area contributed by atoms with E-state index in [4.69, 9.17) is 4.42 Å². The number of aliphatic hydroxyl groups is 1. The van der Waals surface area contributed by atoms with Crippen LogP contribution in [-0.4, -0.2) is 16.8 Å². The molecule has 27 heavy (non-hydrogen) atoms. The summed E-state index contributed by atoms with van der Waals surface area (Å²) in [5, 5.41) is 10.6. The maximum Gasteiger partial charge on any atom is 0.294 e. The second-order valence-corrected chi connectivity index (χ2v) is 6.39. The van der Waals surface area contributed by atoms with E-state index in [9.17, 15) is 14.7 Å². The summed E-state index contributed by atoms with van der Waals surface area (Å²) in [7, 11) is 0. The summed E-state index contributed by atoms with van der Waals surface area (Å²) in [6, 6.07) is 18.9. The van der Waals surface area contributed by atoms with E-state index in [1.165, 1.54) is 17.2 Å². The highest BCUT2D eigenvalue weighted by atomic mass is 16.3. The molecule has 4 rings (SSSR count). The molecule has 5 nitrogen and oxygen atoms in total. The fraction of sp³-hybridized carbons (Fsp3) is 0.0909. The van der Waals surface area contributed by atoms with Gasteiger partial charge in [0.2, 0.25) is 5.78 Å². The summed E-state index contributed by atoms with van der Waals surface area (Å²) < 4.78 is 5.21. The van der Waals surface area contributed by atoms with Crippen molar-refractivity contribution in [3.63, 3.8) is 0 Å². The summed E-state index contributed by atoms with van der Waals surface area (Å²) in [5.74, 6) is -1.58. The quantitative estimate of drug-likeness (QED) is 0.702. The predicted molar refractivity (Wildman–Crippen MR) is 101 cm³/mol. The van der Waals surface area contributed by atoms with E-state index in [1.807, 2.05) is 49.4 Å². The maximum absolute atomic E-state index is 13.0. The number of Topliss-reactive ketones (excluding diaryl/α,β-unsaturated/α-hetero) is 1. The van der Waals surface area contributed by atoms with E-state index in [2.05, 4.69) is 0 Å². The van der Waals surface area contributed by atoms with E-state index in [0.29, 0.717) is 5.69 Å². The molecule has 2 aromatic carbocycles. The summed E-state index contributed by atoms with van der Waals surface area (Å²) >= 11 is 0. The standard InChI is InChI=1S/C22H17NO4/c1-14-9-11-16(12-10-14)23-19(15-6-3-2-4-7-15)18(21(25)22(23)26)20(24)17-8-5-13-27-17/h2-13,19,25H,1H3/t19-/m0/s1. The van der Waals surface area contributed by atoms with E-state index in [0.717, 1.165) is 11.1 Å². The van der Waals surface area contributed by atoms with Gasteiger partial charge in [0.05, 0.1) is 17.9 Å². The topological polar surface area (TPSA) is 70.8 Å². The Balaban J connectivity index is 1.87. The first-order valence-corrected chi connectivity index (χ1v) is 8.54. The summed E-state index contributed by atoms with van der Waals surface area (Å²) in [4.78, 5) is 27.3. The van der Waals surface area contributed by atoms with Gasteiger partial charge in [-0.15, -0.1) is 0 Å². The Bertz CT molecular complexity index is 1020. The minimum Gasteiger partial charge on any atom is -0.503 e. The third-order valence-corrected chi connectivity index (χ3v) is 4.63. The third kappa shape index (κ3) is 2.83. The number of rotatable bonds is 4. The molecule has 3 aromatic rings. The van der Waals surface area contributed by atoms with Crippen molar-refractivity contribution in [2.24, 2.45) is 0 Å². The number of ketones is 1. The number of amides is 1. The van der Waals surface area contributed by atoms with Crippen molar-refractivity contribution in [1.82, 2.24) is 0 Å². The van der Waals surface area contributed by atoms with Crippen molar-refractivity contribution >= 4 is 17.4 Å². The van der Waals surface area contributed by atoms with Gasteiger partial charge in [-0.3, -0.25) is 14.5 Å². The SMILES string of the molecule is Cc1ccc(N2C(=O)C(O)=C(C(=O)c3ccco3)[C@@H]2c2ccccc2)cc1. The molecule has 0 fully saturated rings. The third-order valence-electron chi connectivity index (χ3n) is 4.63. The molecular formula is C22H17NO4. The van der Waals surface area contributed by atoms with Crippen molar-refractivity contribution in [3.8, 4) is 0 Å². The first-order chi connectivity index (χ1) is 13.1. The molecule has 1 aliphatic heterocycles. The largest absolute Gasteiger partial charge is 0.503 e. The first kappa shape index (κ1) is 16.8. The Hall–Kier alpha value is -3.60. The molecule has 0 saturated carbocycles. The Labute approximate surface area is 156 Å². The van der Waals surface area contributed by atoms with Crippen LogP contribution in [0.25, 0.3) is 0 Å². The molecule has 0 bridgehead atoms. The van der Waals surface area contributed by atoms with Crippen LogP contribution in [-0.2, 0) is 4.79 Å². The molecule has 1 aromatic heterocycles. The van der Waals surface area contributed by atoms with Crippen LogP contribution in [0.2, 0.25) is 0 Å². The highest BCUT2D eigenvalue weighted by molar-refractivity contribution is 6.20. The summed E-state index contributed by atoms with van der Waals surface area (Å²) in [6.45, 7) is 1.95. The van der Waals surface area contributed by atoms with Gasteiger partial charge >= 0.3 is 0 Å². The molecule has 0 spiro atoms. The average Bonchev–Trinajstić information content (AvgIpc) is 3.31. The Morgan fingerprint density at radius 3 is 2.33 bits per heavy atom. The Morgan fingerprint density at radius 1 is 1.00 bits per heavy atom. The van der Waals surface area contributed by atoms with Crippen molar-refractivity contribution in [2.45, 2.75) is 13.0 Å². The van der Waals surface area contributed by atoms with Crippen LogP contribution in [0.3, 0.4) is 0 Å². The fourth-order valence-corrected chi connectivity index (χ4v) is 3.30. The van der Waals surface area contributed by atoms with Gasteiger partial charge in [-0.25, -0.2) is 0 Å². The lowest BCUT2D eigenvalue weighted by Crippen LogP contribution is -2.31. The van der Waals surface area contributed by atoms with Gasteiger partial charge in [-0.2, -0.15) is 0 Å². The number of benzene rings is 2. The molecule has 2 heterocycles. The number of aryl methyl sites for hydroxylation is 1. The van der Waals surface area contributed by atoms with Crippen LogP contribution < -0.4 is 4.90 Å². The van der Waals surface area contributed by atoms with Crippen LogP contribution in [0.1, 0.15) is 27.7 Å². The molecule has 134 valence electrons. The highest BCUT2D eigenvalue weighted by Crippen LogP contribution is 2.41. The molecular weight excluding hydrogens is 342 g/mol. The number of aliphatic hydroxyl groups excluding tert-OH is 1. The van der Waals surface area contributed by atoms with Crippen LogP contribution in [0, 0.1) is 6.92 Å². The van der Waals surface area contributed by atoms with Crippen molar-refractivity contribution in [3.05, 3.63) is 101 Å². The summed E-state index contributed by atoms with van der Waals surface area (Å²) in [6.07, 6.45) is 1.39. The van der Waals surface area contributed by atoms with Gasteiger partial charge in [0.25, 0.3) is 5.91 Å². The predicted octanol–water partition coefficient (Wildman–Crippen LogP) is 4.37. The lowest BCUT2D eigenvalue weighted by molar-refractivity contribution is -0.117. The van der Waals surface area contributed by atoms with E-state index >= 15 is 0 Å². The number of carbonyl (C=O) groups is 2. The van der Waals surface area contributed by atoms with E-state index in [1.54, 1.807) is 18.2 Å². The number of nitrogens with zero attached hydrogens (tertiary/aromatic N) is 1. The molecule has 1 aliphatic rings. The van der Waals surface area contributed by atoms with Crippen molar-refractivity contribution in [1.29, 1.82) is 0 Å². The Kier molecular flexibility index (Phi) is 4.12. The Morgan fingerprint density at radius 2 is 1.70 bits per heavy atom. The molecule has 5 heteroatoms. The van der Waals surface area contributed by atoms with Crippen molar-refractivity contribution in [2.75, 3.05) is 4.90 Å². The molecule has 0 saturated heterocycles. The van der Waals surface area contributed by atoms with Gasteiger partial charge in [0.15, 0.2) is 11.5 Å². The van der Waals surface area contributed by atoms with Gasteiger partial charge in [0, 0.05) is 5.69 Å². The number of furan rings is 1. The number of carbonyl (C=O) groups excluding carboxylic acids is 2. The smallest absolute Gasteiger partial charge is 0.294 e. The molecule has 0 unspecified atom stereocenters. The summed E-state index contributed by atoms with van der Waals surface area (Å²) in [5.41, 5.74) is 2.39. The molecule has 1 N–H and O–H groups in total. The second kappa shape index (κ2) is 6.61. The average molecular weight is 359 g/mol. The van der Waals surface area contributed by atoms with Crippen molar-refractivity contribution < 1.29 is 19.1 Å². The number of anilines is 1. The lowest BCUT2D eigenvalue weighted by atomic mass is 9.95. The molecule has 0 radical (unpaired) electrons. The van der Waals surface area contributed by atoms with Gasteiger partial charge < -0.3 is 9.52 Å². The molecule has 1 amide bonds. The molecule has 0 aliphatic carbocycles. The van der Waals surface area contributed by atoms with Crippen LogP contribution in [0.15, 0.2) is 88.7 Å². The minimum atomic E-state index is -0.737. The van der Waals surface area contributed by atoms with Gasteiger partial charge in [0.1, 0.15) is 0 Å². The second-order valence-electron chi connectivity index (χ2n) is 6.39. The zero-order valence-corrected chi connectivity index (χ0v) is 14.6. The molecule has 1 atom stereocenters. The zero-order valence-electron chi connectivity index (χ0n) is 14.6. The minimum absolute atomic E-state index is 0.0155.